The molecule has 3 nitrogen and oxygen atoms in total. The van der Waals surface area contributed by atoms with Crippen molar-refractivity contribution in [2.24, 2.45) is 0 Å². The van der Waals surface area contributed by atoms with Crippen LogP contribution in [0.5, 0.6) is 0 Å². The van der Waals surface area contributed by atoms with Crippen LogP contribution in [-0.2, 0) is 0 Å². The fraction of sp³-hybridized carbons (Fsp3) is 0.857. The molecule has 1 aliphatic carbocycles. The van der Waals surface area contributed by atoms with Gasteiger partial charge < -0.3 is 0 Å². The highest BCUT2D eigenvalue weighted by Crippen LogP contribution is 2.27. The van der Waals surface area contributed by atoms with Crippen molar-refractivity contribution < 1.29 is 0 Å². The predicted molar refractivity (Wildman–Crippen MR) is 77.2 cm³/mol. The third-order valence-electron chi connectivity index (χ3n) is 3.98. The van der Waals surface area contributed by atoms with Crippen LogP contribution in [0.3, 0.4) is 0 Å². The molecule has 0 aromatic carbocycles. The highest BCUT2D eigenvalue weighted by Gasteiger charge is 2.15. The van der Waals surface area contributed by atoms with Gasteiger partial charge in [-0.3, -0.25) is 5.10 Å². The lowest BCUT2D eigenvalue weighted by molar-refractivity contribution is 0.456. The number of H-pyrrole nitrogens is 1. The van der Waals surface area contributed by atoms with Gasteiger partial charge in [0.15, 0.2) is 0 Å². The van der Waals surface area contributed by atoms with Crippen molar-refractivity contribution in [1.82, 2.24) is 15.2 Å². The molecule has 0 atom stereocenters. The van der Waals surface area contributed by atoms with Crippen molar-refractivity contribution in [1.29, 1.82) is 0 Å². The summed E-state index contributed by atoms with van der Waals surface area (Å²) in [4.78, 5) is 4.40. The minimum Gasteiger partial charge on any atom is -0.262 e. The van der Waals surface area contributed by atoms with Crippen molar-refractivity contribution in [3.8, 4) is 0 Å². The Bertz CT molecular complexity index is 326. The molecule has 1 aromatic heterocycles. The molecule has 0 amide bonds. The van der Waals surface area contributed by atoms with Crippen molar-refractivity contribution in [3.05, 3.63) is 5.82 Å². The van der Waals surface area contributed by atoms with Crippen LogP contribution in [0.15, 0.2) is 5.16 Å². The number of aromatic amines is 1. The number of thiol groups is 1. The summed E-state index contributed by atoms with van der Waals surface area (Å²) in [5.41, 5.74) is 0. The summed E-state index contributed by atoms with van der Waals surface area (Å²) in [6, 6.07) is 0. The highest BCUT2D eigenvalue weighted by atomic mass is 32.1. The van der Waals surface area contributed by atoms with E-state index in [1.165, 1.54) is 70.6 Å². The van der Waals surface area contributed by atoms with Crippen LogP contribution >= 0.6 is 12.6 Å². The second-order valence-electron chi connectivity index (χ2n) is 5.48. The zero-order chi connectivity index (χ0) is 12.6. The van der Waals surface area contributed by atoms with Crippen molar-refractivity contribution in [2.75, 3.05) is 0 Å². The number of hydrogen-bond donors (Lipinski definition) is 2. The molecule has 1 aromatic rings. The van der Waals surface area contributed by atoms with E-state index >= 15 is 0 Å². The SMILES string of the molecule is Sc1n[nH]c(C2CCCCCCCCCCC2)n1. The van der Waals surface area contributed by atoms with E-state index in [4.69, 9.17) is 0 Å². The standard InChI is InChI=1S/C14H25N3S/c18-14-15-13(16-17-14)12-10-8-6-4-2-1-3-5-7-9-11-12/h12H,1-11H2,(H2,15,16,17,18). The second kappa shape index (κ2) is 7.82. The highest BCUT2D eigenvalue weighted by molar-refractivity contribution is 7.80. The number of aromatic nitrogens is 3. The first kappa shape index (κ1) is 13.9. The maximum absolute atomic E-state index is 4.40. The van der Waals surface area contributed by atoms with Gasteiger partial charge in [0, 0.05) is 5.92 Å². The Hall–Kier alpha value is -0.510. The topological polar surface area (TPSA) is 41.6 Å². The van der Waals surface area contributed by atoms with Crippen LogP contribution < -0.4 is 0 Å². The van der Waals surface area contributed by atoms with Crippen LogP contribution in [0, 0.1) is 0 Å². The molecule has 1 N–H and O–H groups in total. The van der Waals surface area contributed by atoms with Crippen LogP contribution in [0.4, 0.5) is 0 Å². The molecule has 0 saturated heterocycles. The Morgan fingerprint density at radius 3 is 1.78 bits per heavy atom. The molecule has 2 rings (SSSR count). The number of rotatable bonds is 1. The Labute approximate surface area is 116 Å². The molecule has 1 saturated carbocycles. The number of nitrogens with one attached hydrogen (secondary N) is 1. The summed E-state index contributed by atoms with van der Waals surface area (Å²) in [5, 5.41) is 7.68. The predicted octanol–water partition coefficient (Wildman–Crippen LogP) is 4.48. The van der Waals surface area contributed by atoms with Gasteiger partial charge in [-0.2, -0.15) is 0 Å². The first-order valence-corrected chi connectivity index (χ1v) is 7.92. The fourth-order valence-electron chi connectivity index (χ4n) is 2.88. The minimum absolute atomic E-state index is 0.567. The van der Waals surface area contributed by atoms with Gasteiger partial charge >= 0.3 is 0 Å². The van der Waals surface area contributed by atoms with E-state index < -0.39 is 0 Å². The van der Waals surface area contributed by atoms with E-state index in [1.54, 1.807) is 0 Å². The van der Waals surface area contributed by atoms with Gasteiger partial charge in [-0.25, -0.2) is 4.98 Å². The first-order chi connectivity index (χ1) is 8.86. The lowest BCUT2D eigenvalue weighted by atomic mass is 9.92. The Kier molecular flexibility index (Phi) is 6.05. The molecule has 0 spiro atoms. The van der Waals surface area contributed by atoms with Gasteiger partial charge in [0.05, 0.1) is 0 Å². The molecule has 18 heavy (non-hydrogen) atoms. The zero-order valence-electron chi connectivity index (χ0n) is 11.2. The molecule has 0 unspecified atom stereocenters. The van der Waals surface area contributed by atoms with E-state index in [-0.39, 0.29) is 0 Å². The van der Waals surface area contributed by atoms with Gasteiger partial charge in [-0.05, 0) is 12.8 Å². The third kappa shape index (κ3) is 4.63. The summed E-state index contributed by atoms with van der Waals surface area (Å²) < 4.78 is 0. The number of hydrogen-bond acceptors (Lipinski definition) is 3. The molecule has 0 bridgehead atoms. The molecule has 0 aliphatic heterocycles. The Morgan fingerprint density at radius 2 is 1.33 bits per heavy atom. The molecule has 102 valence electrons. The molecule has 1 fully saturated rings. The van der Waals surface area contributed by atoms with Gasteiger partial charge in [-0.1, -0.05) is 57.8 Å². The van der Waals surface area contributed by atoms with Crippen molar-refractivity contribution >= 4 is 12.6 Å². The summed E-state index contributed by atoms with van der Waals surface area (Å²) in [6.45, 7) is 0. The molecular weight excluding hydrogens is 242 g/mol. The van der Waals surface area contributed by atoms with Gasteiger partial charge in [0.2, 0.25) is 5.16 Å². The fourth-order valence-corrected chi connectivity index (χ4v) is 3.04. The van der Waals surface area contributed by atoms with Crippen LogP contribution in [0.2, 0.25) is 0 Å². The number of nitrogens with zero attached hydrogens (tertiary/aromatic N) is 2. The average Bonchev–Trinajstić information content (AvgIpc) is 2.76. The van der Waals surface area contributed by atoms with E-state index in [0.29, 0.717) is 11.1 Å². The van der Waals surface area contributed by atoms with Crippen LogP contribution in [0.1, 0.15) is 82.4 Å². The zero-order valence-corrected chi connectivity index (χ0v) is 12.1. The Morgan fingerprint density at radius 1 is 0.833 bits per heavy atom. The second-order valence-corrected chi connectivity index (χ2v) is 5.88. The molecule has 4 heteroatoms. The average molecular weight is 267 g/mol. The largest absolute Gasteiger partial charge is 0.262 e. The summed E-state index contributed by atoms with van der Waals surface area (Å²) in [7, 11) is 0. The molecular formula is C14H25N3S. The molecule has 0 radical (unpaired) electrons. The van der Waals surface area contributed by atoms with E-state index in [9.17, 15) is 0 Å². The smallest absolute Gasteiger partial charge is 0.205 e. The first-order valence-electron chi connectivity index (χ1n) is 7.47. The van der Waals surface area contributed by atoms with Crippen LogP contribution in [-0.4, -0.2) is 15.2 Å². The normalized spacial score (nSPS) is 21.2. The lowest BCUT2D eigenvalue weighted by Gasteiger charge is -2.15. The molecule has 1 aliphatic rings. The Balaban J connectivity index is 1.88. The van der Waals surface area contributed by atoms with Crippen molar-refractivity contribution in [3.63, 3.8) is 0 Å². The summed E-state index contributed by atoms with van der Waals surface area (Å²) in [5.74, 6) is 1.62. The maximum Gasteiger partial charge on any atom is 0.205 e. The minimum atomic E-state index is 0.567. The lowest BCUT2D eigenvalue weighted by Crippen LogP contribution is -2.03. The monoisotopic (exact) mass is 267 g/mol. The molecule has 1 heterocycles. The quantitative estimate of drug-likeness (QED) is 0.736. The van der Waals surface area contributed by atoms with E-state index in [2.05, 4.69) is 27.8 Å². The maximum atomic E-state index is 4.40. The third-order valence-corrected chi connectivity index (χ3v) is 4.18. The summed E-state index contributed by atoms with van der Waals surface area (Å²) in [6.07, 6.45) is 15.0. The van der Waals surface area contributed by atoms with Gasteiger partial charge in [0.25, 0.3) is 0 Å². The van der Waals surface area contributed by atoms with E-state index in [1.807, 2.05) is 0 Å². The van der Waals surface area contributed by atoms with Crippen molar-refractivity contribution in [2.45, 2.75) is 81.7 Å². The van der Waals surface area contributed by atoms with Crippen LogP contribution in [0.25, 0.3) is 0 Å². The van der Waals surface area contributed by atoms with E-state index in [0.717, 1.165) is 5.82 Å². The van der Waals surface area contributed by atoms with Gasteiger partial charge in [0.1, 0.15) is 5.82 Å². The van der Waals surface area contributed by atoms with Gasteiger partial charge in [-0.15, -0.1) is 17.7 Å². The summed E-state index contributed by atoms with van der Waals surface area (Å²) >= 11 is 4.19.